The van der Waals surface area contributed by atoms with Crippen molar-refractivity contribution in [3.63, 3.8) is 0 Å². The number of nitrogens with zero attached hydrogens (tertiary/aromatic N) is 1. The summed E-state index contributed by atoms with van der Waals surface area (Å²) in [6, 6.07) is 80.4. The highest BCUT2D eigenvalue weighted by Gasteiger charge is 2.47. The quantitative estimate of drug-likeness (QED) is 0.155. The van der Waals surface area contributed by atoms with Crippen LogP contribution in [0.1, 0.15) is 50.0 Å². The molecule has 2 heteroatoms. The second kappa shape index (κ2) is 14.4. The van der Waals surface area contributed by atoms with Crippen molar-refractivity contribution in [2.24, 2.45) is 0 Å². The first-order valence-electron chi connectivity index (χ1n) is 23.8. The Hall–Kier alpha value is -7.78. The third-order valence-corrected chi connectivity index (χ3v) is 14.8. The molecule has 2 aliphatic rings. The maximum Gasteiger partial charge on any atom is 0.0714 e. The summed E-state index contributed by atoms with van der Waals surface area (Å²) in [6.45, 7) is 0. The van der Waals surface area contributed by atoms with Crippen LogP contribution in [0.5, 0.6) is 0 Å². The molecule has 0 N–H and O–H groups in total. The number of anilines is 3. The summed E-state index contributed by atoms with van der Waals surface area (Å²) in [4.78, 5) is 2.27. The second-order valence-corrected chi connectivity index (χ2v) is 17.8. The first kappa shape index (κ1) is 32.9. The van der Waals surface area contributed by atoms with E-state index in [0.717, 1.165) is 39.0 Å². The van der Waals surface area contributed by atoms with E-state index < -0.39 is 10.8 Å². The summed E-state index contributed by atoms with van der Waals surface area (Å²) >= 11 is 1.33. The highest BCUT2D eigenvalue weighted by atomic mass is 32.1. The summed E-state index contributed by atoms with van der Waals surface area (Å²) in [5, 5.41) is 1.59. The Morgan fingerprint density at radius 1 is 0.359 bits per heavy atom. The number of rotatable bonds is 7. The van der Waals surface area contributed by atoms with E-state index in [-0.39, 0.29) is 24.2 Å². The summed E-state index contributed by atoms with van der Waals surface area (Å²) in [5.74, 6) is 0. The van der Waals surface area contributed by atoms with E-state index in [9.17, 15) is 2.74 Å². The maximum atomic E-state index is 9.41. The Balaban J connectivity index is 1.13. The SMILES string of the molecule is [2H]c1ccc2c(sc3c([2H])c([2H])cc(N(c4cccc(C5(c6ccccc6)c6ccccc6-c6ccccc65)c4)c4cccc(C5(c6ccccc6)c6ccccc6-c6ccccc65)c4)c32)c1[2H]. The van der Waals surface area contributed by atoms with Gasteiger partial charge in [0.15, 0.2) is 0 Å². The fraction of sp³-hybridized carbons (Fsp3) is 0.0323. The summed E-state index contributed by atoms with van der Waals surface area (Å²) in [6.07, 6.45) is 0. The van der Waals surface area contributed by atoms with E-state index in [1.54, 1.807) is 6.07 Å². The van der Waals surface area contributed by atoms with Crippen molar-refractivity contribution in [2.45, 2.75) is 10.8 Å². The third-order valence-electron chi connectivity index (χ3n) is 13.7. The number of benzene rings is 10. The van der Waals surface area contributed by atoms with E-state index in [4.69, 9.17) is 2.74 Å². The van der Waals surface area contributed by atoms with Gasteiger partial charge in [-0.3, -0.25) is 0 Å². The van der Waals surface area contributed by atoms with Crippen molar-refractivity contribution in [3.05, 3.63) is 293 Å². The van der Waals surface area contributed by atoms with E-state index >= 15 is 0 Å². The molecule has 1 nitrogen and oxygen atoms in total. The van der Waals surface area contributed by atoms with Gasteiger partial charge in [0.2, 0.25) is 0 Å². The predicted molar refractivity (Wildman–Crippen MR) is 269 cm³/mol. The maximum absolute atomic E-state index is 9.41. The smallest absolute Gasteiger partial charge is 0.0714 e. The number of fused-ring (bicyclic) bond motifs is 9. The van der Waals surface area contributed by atoms with Gasteiger partial charge in [-0.05, 0) is 109 Å². The molecular formula is C62H41NS. The standard InChI is InChI=1S/C62H41NS/c1-3-20-42(21-4-1)61(53-33-12-7-28-48(53)49-29-8-13-34-54(49)61)44-24-17-26-46(40-44)63(57-37-19-39-59-60(57)52-32-11-16-38-58(52)64-59)47-27-18-25-45(41-47)62(43-22-5-2-6-23-43)55-35-14-9-30-50(55)51-31-10-15-36-56(51)62/h1-41H/i16D,19D,38D,39D. The Labute approximate surface area is 383 Å². The van der Waals surface area contributed by atoms with Crippen LogP contribution in [0.25, 0.3) is 42.4 Å². The second-order valence-electron chi connectivity index (χ2n) is 16.8. The lowest BCUT2D eigenvalue weighted by Crippen LogP contribution is -2.29. The molecule has 1 aromatic heterocycles. The molecule has 0 fully saturated rings. The normalized spacial score (nSPS) is 14.8. The minimum atomic E-state index is -0.659. The molecule has 0 bridgehead atoms. The average molecular weight is 836 g/mol. The predicted octanol–water partition coefficient (Wildman–Crippen LogP) is 16.3. The Morgan fingerprint density at radius 3 is 1.27 bits per heavy atom. The van der Waals surface area contributed by atoms with Crippen LogP contribution >= 0.6 is 11.3 Å². The van der Waals surface area contributed by atoms with Crippen LogP contribution in [0, 0.1) is 0 Å². The largest absolute Gasteiger partial charge is 0.310 e. The third kappa shape index (κ3) is 5.12. The molecule has 64 heavy (non-hydrogen) atoms. The van der Waals surface area contributed by atoms with Crippen LogP contribution in [0.15, 0.2) is 249 Å². The first-order chi connectivity index (χ1) is 33.4. The molecule has 10 aromatic carbocycles. The molecule has 0 atom stereocenters. The first-order valence-corrected chi connectivity index (χ1v) is 22.7. The van der Waals surface area contributed by atoms with Crippen molar-refractivity contribution in [1.82, 2.24) is 0 Å². The topological polar surface area (TPSA) is 3.24 Å². The van der Waals surface area contributed by atoms with E-state index in [1.807, 2.05) is 12.1 Å². The highest BCUT2D eigenvalue weighted by molar-refractivity contribution is 7.26. The molecule has 300 valence electrons. The van der Waals surface area contributed by atoms with Gasteiger partial charge in [-0.1, -0.05) is 206 Å². The fourth-order valence-corrected chi connectivity index (χ4v) is 12.3. The minimum Gasteiger partial charge on any atom is -0.310 e. The summed E-state index contributed by atoms with van der Waals surface area (Å²) in [7, 11) is 0. The Morgan fingerprint density at radius 2 is 0.781 bits per heavy atom. The number of hydrogen-bond donors (Lipinski definition) is 0. The monoisotopic (exact) mass is 835 g/mol. The van der Waals surface area contributed by atoms with Crippen molar-refractivity contribution in [2.75, 3.05) is 4.90 Å². The fourth-order valence-electron chi connectivity index (χ4n) is 11.3. The van der Waals surface area contributed by atoms with Gasteiger partial charge in [0, 0.05) is 31.5 Å². The molecule has 0 unspecified atom stereocenters. The molecule has 0 amide bonds. The molecule has 2 aliphatic carbocycles. The van der Waals surface area contributed by atoms with Gasteiger partial charge in [-0.25, -0.2) is 0 Å². The van der Waals surface area contributed by atoms with E-state index in [2.05, 4.69) is 211 Å². The number of thiophene rings is 1. The lowest BCUT2D eigenvalue weighted by atomic mass is 9.67. The Bertz CT molecular complexity index is 3550. The lowest BCUT2D eigenvalue weighted by molar-refractivity contribution is 0.767. The van der Waals surface area contributed by atoms with Gasteiger partial charge >= 0.3 is 0 Å². The molecule has 0 saturated carbocycles. The van der Waals surface area contributed by atoms with Crippen molar-refractivity contribution in [3.8, 4) is 22.3 Å². The molecule has 0 spiro atoms. The molecule has 1 heterocycles. The van der Waals surface area contributed by atoms with Crippen molar-refractivity contribution in [1.29, 1.82) is 0 Å². The number of hydrogen-bond acceptors (Lipinski definition) is 2. The zero-order valence-corrected chi connectivity index (χ0v) is 35.5. The zero-order valence-electron chi connectivity index (χ0n) is 38.7. The molecule has 0 saturated heterocycles. The van der Waals surface area contributed by atoms with Crippen LogP contribution in [-0.4, -0.2) is 0 Å². The molecule has 13 rings (SSSR count). The molecule has 11 aromatic rings. The Kier molecular flexibility index (Phi) is 7.39. The summed E-state index contributed by atoms with van der Waals surface area (Å²) in [5.41, 5.74) is 15.4. The lowest BCUT2D eigenvalue weighted by Gasteiger charge is -2.36. The zero-order chi connectivity index (χ0) is 45.7. The van der Waals surface area contributed by atoms with Gasteiger partial charge in [0.05, 0.1) is 22.0 Å². The van der Waals surface area contributed by atoms with Gasteiger partial charge in [0.1, 0.15) is 0 Å². The van der Waals surface area contributed by atoms with Crippen molar-refractivity contribution >= 4 is 48.6 Å². The van der Waals surface area contributed by atoms with Gasteiger partial charge in [-0.15, -0.1) is 11.3 Å². The van der Waals surface area contributed by atoms with E-state index in [1.165, 1.54) is 67.0 Å². The molecule has 0 radical (unpaired) electrons. The van der Waals surface area contributed by atoms with Crippen LogP contribution in [0.3, 0.4) is 0 Å². The van der Waals surface area contributed by atoms with Crippen LogP contribution < -0.4 is 4.90 Å². The van der Waals surface area contributed by atoms with Crippen LogP contribution in [0.2, 0.25) is 0 Å². The van der Waals surface area contributed by atoms with Gasteiger partial charge in [0.25, 0.3) is 0 Å². The average Bonchev–Trinajstić information content (AvgIpc) is 4.04. The highest BCUT2D eigenvalue weighted by Crippen LogP contribution is 2.59. The molecular weight excluding hydrogens is 791 g/mol. The molecule has 0 aliphatic heterocycles. The summed E-state index contributed by atoms with van der Waals surface area (Å²) < 4.78 is 37.6. The van der Waals surface area contributed by atoms with Crippen molar-refractivity contribution < 1.29 is 5.48 Å². The van der Waals surface area contributed by atoms with Gasteiger partial charge in [-0.2, -0.15) is 0 Å². The van der Waals surface area contributed by atoms with Gasteiger partial charge < -0.3 is 4.90 Å². The van der Waals surface area contributed by atoms with Crippen LogP contribution in [0.4, 0.5) is 17.1 Å². The minimum absolute atomic E-state index is 0.0906. The van der Waals surface area contributed by atoms with Crippen LogP contribution in [-0.2, 0) is 10.8 Å². The van der Waals surface area contributed by atoms with E-state index in [0.29, 0.717) is 9.40 Å².